The van der Waals surface area contributed by atoms with Crippen molar-refractivity contribution in [2.45, 2.75) is 6.92 Å². The Morgan fingerprint density at radius 1 is 1.86 bits per heavy atom. The van der Waals surface area contributed by atoms with Crippen LogP contribution in [0.3, 0.4) is 0 Å². The summed E-state index contributed by atoms with van der Waals surface area (Å²) in [5.74, 6) is -0.296. The number of rotatable bonds is 2. The highest BCUT2D eigenvalue weighted by molar-refractivity contribution is 5.97. The number of hydrogen-bond donors (Lipinski definition) is 0. The maximum atomic E-state index is 9.92. The van der Waals surface area contributed by atoms with Gasteiger partial charge in [-0.05, 0) is 0 Å². The molecule has 0 aliphatic carbocycles. The summed E-state index contributed by atoms with van der Waals surface area (Å²) in [6.07, 6.45) is 0. The molecule has 0 spiro atoms. The molecule has 0 aliphatic rings. The predicted octanol–water partition coefficient (Wildman–Crippen LogP) is -1.20. The molecule has 0 aromatic carbocycles. The molecule has 0 aliphatic heterocycles. The first-order chi connectivity index (χ1) is 3.27. The monoisotopic (exact) mass is 120 g/mol. The second-order valence-electron chi connectivity index (χ2n) is 1.04. The maximum Gasteiger partial charge on any atom is 0.304 e. The highest BCUT2D eigenvalue weighted by Crippen LogP contribution is 1.72. The minimum absolute atomic E-state index is 0.113. The van der Waals surface area contributed by atoms with Gasteiger partial charge in [-0.25, -0.2) is 0 Å². The number of hydrogen-bond acceptors (Lipinski definition) is 3. The quantitative estimate of drug-likeness (QED) is 0.261. The maximum absolute atomic E-state index is 9.92. The van der Waals surface area contributed by atoms with E-state index >= 15 is 0 Å². The molecule has 0 fully saturated rings. The number of carbonyl (C=O) groups excluding carboxylic acids is 1. The fourth-order valence-corrected chi connectivity index (χ4v) is 0.260. The third kappa shape index (κ3) is 5.65. The summed E-state index contributed by atoms with van der Waals surface area (Å²) in [6.45, 7) is 1.46. The lowest BCUT2D eigenvalue weighted by molar-refractivity contribution is -0.147. The first kappa shape index (κ1) is 6.65. The number of esters is 1. The van der Waals surface area contributed by atoms with Gasteiger partial charge in [0.2, 0.25) is 0 Å². The lowest BCUT2D eigenvalue weighted by Crippen LogP contribution is -2.01. The van der Waals surface area contributed by atoms with Crippen LogP contribution in [0.1, 0.15) is 6.92 Å². The van der Waals surface area contributed by atoms with Gasteiger partial charge >= 0.3 is 5.97 Å². The molecule has 0 bridgehead atoms. The minimum atomic E-state index is -0.296. The molecule has 0 amide bonds. The van der Waals surface area contributed by atoms with Crippen LogP contribution < -0.4 is 0 Å². The summed E-state index contributed by atoms with van der Waals surface area (Å²) >= 11 is 0. The number of carbonyl (C=O) groups is 1. The van der Waals surface area contributed by atoms with Gasteiger partial charge in [0, 0.05) is 6.92 Å². The Hall–Kier alpha value is -0.353. The Morgan fingerprint density at radius 2 is 2.43 bits per heavy atom. The fourth-order valence-electron chi connectivity index (χ4n) is 0.142. The minimum Gasteiger partial charge on any atom is -0.440 e. The highest BCUT2D eigenvalue weighted by atomic mass is 28.2. The highest BCUT2D eigenvalue weighted by Gasteiger charge is 1.85. The van der Waals surface area contributed by atoms with Gasteiger partial charge in [-0.3, -0.25) is 4.79 Å². The van der Waals surface area contributed by atoms with Crippen LogP contribution in [0.2, 0.25) is 0 Å². The van der Waals surface area contributed by atoms with Crippen molar-refractivity contribution in [1.29, 1.82) is 0 Å². The molecular formula is C3H8O3Si. The van der Waals surface area contributed by atoms with Crippen LogP contribution in [0, 0.1) is 0 Å². The summed E-state index contributed by atoms with van der Waals surface area (Å²) in [6, 6.07) is 0. The van der Waals surface area contributed by atoms with Crippen LogP contribution in [0.25, 0.3) is 0 Å². The zero-order valence-corrected chi connectivity index (χ0v) is 6.43. The van der Waals surface area contributed by atoms with Gasteiger partial charge in [0.25, 0.3) is 0 Å². The van der Waals surface area contributed by atoms with E-state index in [1.807, 2.05) is 0 Å². The van der Waals surface area contributed by atoms with E-state index in [0.717, 1.165) is 0 Å². The van der Waals surface area contributed by atoms with Gasteiger partial charge < -0.3 is 9.16 Å². The van der Waals surface area contributed by atoms with Gasteiger partial charge in [-0.15, -0.1) is 0 Å². The van der Waals surface area contributed by atoms with Crippen molar-refractivity contribution in [3.8, 4) is 0 Å². The average Bonchev–Trinajstić information content (AvgIpc) is 1.61. The third-order valence-electron chi connectivity index (χ3n) is 0.380. The van der Waals surface area contributed by atoms with Crippen molar-refractivity contribution >= 4 is 16.5 Å². The summed E-state index contributed by atoms with van der Waals surface area (Å²) in [5.41, 5.74) is 0. The molecule has 3 nitrogen and oxygen atoms in total. The molecule has 0 rings (SSSR count). The molecule has 0 N–H and O–H groups in total. The summed E-state index contributed by atoms with van der Waals surface area (Å²) < 4.78 is 8.91. The van der Waals surface area contributed by atoms with Crippen LogP contribution in [0.5, 0.6) is 0 Å². The van der Waals surface area contributed by atoms with Crippen molar-refractivity contribution < 1.29 is 14.0 Å². The molecule has 0 saturated heterocycles. The van der Waals surface area contributed by atoms with Gasteiger partial charge in [-0.1, -0.05) is 0 Å². The Balaban J connectivity index is 2.82. The molecular weight excluding hydrogens is 112 g/mol. The van der Waals surface area contributed by atoms with Crippen LogP contribution in [0.15, 0.2) is 0 Å². The van der Waals surface area contributed by atoms with E-state index in [2.05, 4.69) is 9.16 Å². The molecule has 0 atom stereocenters. The van der Waals surface area contributed by atoms with Crippen LogP contribution in [-0.4, -0.2) is 23.2 Å². The van der Waals surface area contributed by atoms with Crippen molar-refractivity contribution in [3.05, 3.63) is 0 Å². The average molecular weight is 120 g/mol. The summed E-state index contributed by atoms with van der Waals surface area (Å²) in [7, 11) is 0.617. The zero-order chi connectivity index (χ0) is 5.70. The van der Waals surface area contributed by atoms with E-state index in [9.17, 15) is 4.79 Å². The number of ether oxygens (including phenoxy) is 1. The Kier molecular flexibility index (Phi) is 3.63. The topological polar surface area (TPSA) is 35.5 Å². The Morgan fingerprint density at radius 3 is 2.57 bits per heavy atom. The van der Waals surface area contributed by atoms with Gasteiger partial charge in [0.1, 0.15) is 10.5 Å². The molecule has 0 heterocycles. The first-order valence-corrected chi connectivity index (χ1v) is 2.71. The van der Waals surface area contributed by atoms with Crippen molar-refractivity contribution in [3.63, 3.8) is 0 Å². The molecule has 7 heavy (non-hydrogen) atoms. The second-order valence-corrected chi connectivity index (χ2v) is 1.62. The molecule has 0 radical (unpaired) electrons. The van der Waals surface area contributed by atoms with Gasteiger partial charge in [0.15, 0.2) is 6.79 Å². The second kappa shape index (κ2) is 3.82. The molecule has 4 heteroatoms. The third-order valence-corrected chi connectivity index (χ3v) is 0.616. The Labute approximate surface area is 45.2 Å². The van der Waals surface area contributed by atoms with E-state index in [1.165, 1.54) is 6.92 Å². The molecule has 0 unspecified atom stereocenters. The summed E-state index contributed by atoms with van der Waals surface area (Å²) in [5, 5.41) is 0. The zero-order valence-electron chi connectivity index (χ0n) is 4.43. The lowest BCUT2D eigenvalue weighted by Gasteiger charge is -1.95. The Bertz CT molecular complexity index is 63.2. The van der Waals surface area contributed by atoms with Crippen molar-refractivity contribution in [2.24, 2.45) is 0 Å². The van der Waals surface area contributed by atoms with E-state index < -0.39 is 0 Å². The standard InChI is InChI=1S/C3H8O3Si/c1-3(4)5-2-6-7/h2H2,1,7H3. The SMILES string of the molecule is CC(=O)OCO[SiH3]. The van der Waals surface area contributed by atoms with E-state index in [-0.39, 0.29) is 12.8 Å². The largest absolute Gasteiger partial charge is 0.440 e. The van der Waals surface area contributed by atoms with Gasteiger partial charge in [-0.2, -0.15) is 0 Å². The van der Waals surface area contributed by atoms with Crippen molar-refractivity contribution in [2.75, 3.05) is 6.79 Å². The predicted molar refractivity (Wildman–Crippen MR) is 27.7 cm³/mol. The van der Waals surface area contributed by atoms with Crippen LogP contribution in [0.4, 0.5) is 0 Å². The normalized spacial score (nSPS) is 8.71. The van der Waals surface area contributed by atoms with Crippen LogP contribution >= 0.6 is 0 Å². The molecule has 0 saturated carbocycles. The van der Waals surface area contributed by atoms with E-state index in [0.29, 0.717) is 10.5 Å². The fraction of sp³-hybridized carbons (Fsp3) is 0.667. The summed E-state index contributed by atoms with van der Waals surface area (Å²) in [4.78, 5) is 9.92. The molecule has 42 valence electrons. The molecule has 0 aromatic heterocycles. The van der Waals surface area contributed by atoms with Crippen LogP contribution in [-0.2, 0) is 14.0 Å². The first-order valence-electron chi connectivity index (χ1n) is 1.89. The molecule has 0 aromatic rings. The van der Waals surface area contributed by atoms with E-state index in [4.69, 9.17) is 0 Å². The van der Waals surface area contributed by atoms with Crippen molar-refractivity contribution in [1.82, 2.24) is 0 Å². The van der Waals surface area contributed by atoms with Gasteiger partial charge in [0.05, 0.1) is 0 Å². The van der Waals surface area contributed by atoms with E-state index in [1.54, 1.807) is 0 Å². The smallest absolute Gasteiger partial charge is 0.304 e. The lowest BCUT2D eigenvalue weighted by atomic mass is 10.8.